The Kier molecular flexibility index (Phi) is 2.94. The first-order valence-electron chi connectivity index (χ1n) is 6.19. The lowest BCUT2D eigenvalue weighted by atomic mass is 10.1. The number of aromatic nitrogens is 1. The third-order valence-electron chi connectivity index (χ3n) is 3.44. The number of halogens is 2. The molecule has 1 aliphatic rings. The van der Waals surface area contributed by atoms with Crippen LogP contribution < -0.4 is 19.9 Å². The fourth-order valence-corrected chi connectivity index (χ4v) is 2.31. The lowest BCUT2D eigenvalue weighted by molar-refractivity contribution is 0.143. The van der Waals surface area contributed by atoms with E-state index in [9.17, 15) is 18.4 Å². The molecule has 0 fully saturated rings. The smallest absolute Gasteiger partial charge is 0.464 e. The van der Waals surface area contributed by atoms with Gasteiger partial charge in [0.25, 0.3) is 0 Å². The van der Waals surface area contributed by atoms with Gasteiger partial charge in [-0.1, -0.05) is 0 Å². The number of carboxylic acid groups (broad SMARTS) is 1. The Bertz CT molecular complexity index is 864. The first-order valence-corrected chi connectivity index (χ1v) is 6.19. The van der Waals surface area contributed by atoms with Gasteiger partial charge in [-0.25, -0.2) is 9.18 Å². The molecule has 1 aromatic heterocycles. The van der Waals surface area contributed by atoms with Crippen molar-refractivity contribution in [2.75, 3.05) is 12.1 Å². The van der Waals surface area contributed by atoms with Crippen LogP contribution in [-0.4, -0.2) is 29.2 Å². The Morgan fingerprint density at radius 3 is 2.77 bits per heavy atom. The predicted octanol–water partition coefficient (Wildman–Crippen LogP) is 1.64. The molecule has 22 heavy (non-hydrogen) atoms. The molecule has 0 bridgehead atoms. The minimum Gasteiger partial charge on any atom is -0.464 e. The fraction of sp³-hybridized carbons (Fsp3) is 0.231. The van der Waals surface area contributed by atoms with Crippen LogP contribution in [0.15, 0.2) is 17.1 Å². The molecule has 3 rings (SSSR count). The molecular weight excluding hydrogens is 302 g/mol. The number of carbonyl (C=O) groups is 1. The van der Waals surface area contributed by atoms with Gasteiger partial charge in [-0.3, -0.25) is 14.5 Å². The van der Waals surface area contributed by atoms with Gasteiger partial charge in [0.1, 0.15) is 5.52 Å². The molecule has 1 aromatic carbocycles. The summed E-state index contributed by atoms with van der Waals surface area (Å²) >= 11 is 0. The third kappa shape index (κ3) is 1.85. The largest absolute Gasteiger partial charge is 0.511 e. The summed E-state index contributed by atoms with van der Waals surface area (Å²) in [6, 6.07) is 0.689. The van der Waals surface area contributed by atoms with Gasteiger partial charge in [0.15, 0.2) is 17.8 Å². The van der Waals surface area contributed by atoms with Crippen LogP contribution >= 0.6 is 0 Å². The second-order valence-corrected chi connectivity index (χ2v) is 4.72. The van der Waals surface area contributed by atoms with Crippen LogP contribution in [-0.2, 0) is 0 Å². The maximum atomic E-state index is 13.9. The van der Waals surface area contributed by atoms with Crippen LogP contribution in [0.2, 0.25) is 0 Å². The number of hydrogen-bond donors (Lipinski definition) is 1. The minimum atomic E-state index is -1.69. The van der Waals surface area contributed by atoms with E-state index in [4.69, 9.17) is 9.84 Å². The monoisotopic (exact) mass is 312 g/mol. The maximum Gasteiger partial charge on any atom is 0.511 e. The van der Waals surface area contributed by atoms with Gasteiger partial charge >= 0.3 is 6.16 Å². The number of hydrogen-bond acceptors (Lipinski definition) is 5. The summed E-state index contributed by atoms with van der Waals surface area (Å²) in [5.41, 5.74) is -0.873. The molecule has 0 aliphatic carbocycles. The number of nitrogens with zero attached hydrogens (tertiary/aromatic N) is 2. The summed E-state index contributed by atoms with van der Waals surface area (Å²) in [6.07, 6.45) is -1.26. The fourth-order valence-electron chi connectivity index (χ4n) is 2.31. The molecule has 1 aliphatic heterocycles. The van der Waals surface area contributed by atoms with Crippen molar-refractivity contribution in [2.45, 2.75) is 13.2 Å². The standard InChI is InChI=1S/C13H10F2N2O5/c1-5-16(2)17-4-8(22-13(19)20)11(18)6-3-7(14)9(15)12(21-5)10(6)17/h3-5H,1-2H3,(H,19,20). The van der Waals surface area contributed by atoms with Crippen LogP contribution in [0.5, 0.6) is 11.5 Å². The average Bonchev–Trinajstić information content (AvgIpc) is 2.44. The summed E-state index contributed by atoms with van der Waals surface area (Å²) in [5, 5.41) is 9.90. The molecule has 0 radical (unpaired) electrons. The van der Waals surface area contributed by atoms with Crippen molar-refractivity contribution in [3.05, 3.63) is 34.1 Å². The summed E-state index contributed by atoms with van der Waals surface area (Å²) in [5.74, 6) is -3.40. The Balaban J connectivity index is 2.45. The maximum absolute atomic E-state index is 13.9. The summed E-state index contributed by atoms with van der Waals surface area (Å²) < 4.78 is 38.6. The number of benzene rings is 1. The lowest BCUT2D eigenvalue weighted by Crippen LogP contribution is -2.46. The molecule has 7 nitrogen and oxygen atoms in total. The molecule has 0 saturated carbocycles. The molecule has 116 valence electrons. The second kappa shape index (κ2) is 4.58. The normalized spacial score (nSPS) is 16.5. The van der Waals surface area contributed by atoms with Gasteiger partial charge in [0.05, 0.1) is 11.6 Å². The first-order chi connectivity index (χ1) is 10.3. The first kappa shape index (κ1) is 14.1. The van der Waals surface area contributed by atoms with Crippen LogP contribution in [0, 0.1) is 11.6 Å². The van der Waals surface area contributed by atoms with Crippen molar-refractivity contribution < 1.29 is 28.2 Å². The SMILES string of the molecule is CC1Oc2c(F)c(F)cc3c(=O)c(OC(=O)O)cn(c23)N1C. The molecule has 0 amide bonds. The molecule has 1 N–H and O–H groups in total. The molecular formula is C13H10F2N2O5. The Morgan fingerprint density at radius 2 is 2.14 bits per heavy atom. The van der Waals surface area contributed by atoms with Crippen LogP contribution in [0.1, 0.15) is 6.92 Å². The van der Waals surface area contributed by atoms with Crippen molar-refractivity contribution >= 4 is 17.1 Å². The van der Waals surface area contributed by atoms with Gasteiger partial charge in [0, 0.05) is 7.05 Å². The zero-order valence-electron chi connectivity index (χ0n) is 11.5. The minimum absolute atomic E-state index is 0.00207. The summed E-state index contributed by atoms with van der Waals surface area (Å²) in [6.45, 7) is 1.58. The summed E-state index contributed by atoms with van der Waals surface area (Å²) in [7, 11) is 1.57. The molecule has 2 heterocycles. The molecule has 0 spiro atoms. The quantitative estimate of drug-likeness (QED) is 0.806. The molecule has 9 heteroatoms. The van der Waals surface area contributed by atoms with Crippen LogP contribution in [0.4, 0.5) is 13.6 Å². The average molecular weight is 312 g/mol. The molecule has 1 unspecified atom stereocenters. The van der Waals surface area contributed by atoms with Gasteiger partial charge in [-0.05, 0) is 13.0 Å². The predicted molar refractivity (Wildman–Crippen MR) is 71.0 cm³/mol. The van der Waals surface area contributed by atoms with Gasteiger partial charge < -0.3 is 14.6 Å². The highest BCUT2D eigenvalue weighted by atomic mass is 19.2. The van der Waals surface area contributed by atoms with Crippen LogP contribution in [0.25, 0.3) is 10.9 Å². The number of rotatable bonds is 1. The highest BCUT2D eigenvalue weighted by molar-refractivity contribution is 5.87. The van der Waals surface area contributed by atoms with Crippen molar-refractivity contribution in [3.63, 3.8) is 0 Å². The van der Waals surface area contributed by atoms with Crippen molar-refractivity contribution in [2.24, 2.45) is 0 Å². The number of ether oxygens (including phenoxy) is 2. The number of pyridine rings is 1. The van der Waals surface area contributed by atoms with Crippen molar-refractivity contribution in [1.29, 1.82) is 0 Å². The zero-order chi connectivity index (χ0) is 16.2. The Morgan fingerprint density at radius 1 is 1.45 bits per heavy atom. The highest BCUT2D eigenvalue weighted by Crippen LogP contribution is 2.34. The van der Waals surface area contributed by atoms with E-state index >= 15 is 0 Å². The van der Waals surface area contributed by atoms with E-state index < -0.39 is 40.9 Å². The van der Waals surface area contributed by atoms with Gasteiger partial charge in [-0.15, -0.1) is 0 Å². The highest BCUT2D eigenvalue weighted by Gasteiger charge is 2.29. The molecule has 1 atom stereocenters. The van der Waals surface area contributed by atoms with Crippen LogP contribution in [0.3, 0.4) is 0 Å². The van der Waals surface area contributed by atoms with E-state index in [1.807, 2.05) is 0 Å². The van der Waals surface area contributed by atoms with E-state index in [-0.39, 0.29) is 10.9 Å². The topological polar surface area (TPSA) is 81.0 Å². The van der Waals surface area contributed by atoms with Gasteiger partial charge in [-0.2, -0.15) is 4.39 Å². The van der Waals surface area contributed by atoms with E-state index in [1.54, 1.807) is 14.0 Å². The van der Waals surface area contributed by atoms with E-state index in [0.717, 1.165) is 6.20 Å². The van der Waals surface area contributed by atoms with E-state index in [0.29, 0.717) is 6.07 Å². The van der Waals surface area contributed by atoms with Gasteiger partial charge in [0.2, 0.25) is 17.0 Å². The summed E-state index contributed by atoms with van der Waals surface area (Å²) in [4.78, 5) is 22.9. The Hall–Kier alpha value is -2.84. The molecule has 2 aromatic rings. The van der Waals surface area contributed by atoms with Crippen molar-refractivity contribution in [3.8, 4) is 11.5 Å². The van der Waals surface area contributed by atoms with Crippen molar-refractivity contribution in [1.82, 2.24) is 4.68 Å². The zero-order valence-corrected chi connectivity index (χ0v) is 11.5. The van der Waals surface area contributed by atoms with E-state index in [1.165, 1.54) is 9.69 Å². The molecule has 0 saturated heterocycles. The Labute approximate surface area is 121 Å². The second-order valence-electron chi connectivity index (χ2n) is 4.72. The third-order valence-corrected chi connectivity index (χ3v) is 3.44. The lowest BCUT2D eigenvalue weighted by Gasteiger charge is -2.35. The van der Waals surface area contributed by atoms with E-state index in [2.05, 4.69) is 4.74 Å².